The fourth-order valence-corrected chi connectivity index (χ4v) is 2.23. The van der Waals surface area contributed by atoms with Crippen LogP contribution in [0.1, 0.15) is 38.8 Å². The predicted molar refractivity (Wildman–Crippen MR) is 71.3 cm³/mol. The van der Waals surface area contributed by atoms with Crippen molar-refractivity contribution in [3.05, 3.63) is 35.4 Å². The van der Waals surface area contributed by atoms with E-state index in [0.717, 1.165) is 19.7 Å². The molecule has 2 rings (SSSR count). The Balaban J connectivity index is 2.23. The summed E-state index contributed by atoms with van der Waals surface area (Å²) in [6.07, 6.45) is 0. The van der Waals surface area contributed by atoms with Gasteiger partial charge in [0, 0.05) is 13.1 Å². The first-order valence-corrected chi connectivity index (χ1v) is 6.37. The molecule has 2 heteroatoms. The topological polar surface area (TPSA) is 21.3 Å². The average molecular weight is 233 g/mol. The van der Waals surface area contributed by atoms with Gasteiger partial charge >= 0.3 is 0 Å². The molecule has 1 aliphatic rings. The normalized spacial score (nSPS) is 25.9. The van der Waals surface area contributed by atoms with Crippen LogP contribution in [0.3, 0.4) is 0 Å². The van der Waals surface area contributed by atoms with Gasteiger partial charge in [0.25, 0.3) is 0 Å². The van der Waals surface area contributed by atoms with Crippen molar-refractivity contribution < 1.29 is 4.74 Å². The van der Waals surface area contributed by atoms with Crippen LogP contribution in [0.4, 0.5) is 0 Å². The van der Waals surface area contributed by atoms with E-state index < -0.39 is 0 Å². The van der Waals surface area contributed by atoms with Gasteiger partial charge in [-0.25, -0.2) is 0 Å². The third kappa shape index (κ3) is 2.70. The van der Waals surface area contributed by atoms with Crippen LogP contribution in [0.5, 0.6) is 0 Å². The first kappa shape index (κ1) is 12.6. The first-order valence-electron chi connectivity index (χ1n) is 6.37. The second-order valence-corrected chi connectivity index (χ2v) is 6.08. The van der Waals surface area contributed by atoms with Crippen molar-refractivity contribution in [2.45, 2.75) is 38.7 Å². The molecule has 0 bridgehead atoms. The van der Waals surface area contributed by atoms with Gasteiger partial charge in [-0.2, -0.15) is 0 Å². The van der Waals surface area contributed by atoms with Gasteiger partial charge in [-0.3, -0.25) is 0 Å². The maximum atomic E-state index is 5.91. The van der Waals surface area contributed by atoms with Gasteiger partial charge in [-0.05, 0) is 23.5 Å². The van der Waals surface area contributed by atoms with E-state index in [1.807, 2.05) is 0 Å². The Morgan fingerprint density at radius 2 is 1.82 bits per heavy atom. The third-order valence-electron chi connectivity index (χ3n) is 3.52. The van der Waals surface area contributed by atoms with Crippen molar-refractivity contribution in [1.29, 1.82) is 0 Å². The summed E-state index contributed by atoms with van der Waals surface area (Å²) >= 11 is 0. The van der Waals surface area contributed by atoms with Crippen molar-refractivity contribution in [2.75, 3.05) is 19.7 Å². The molecule has 1 unspecified atom stereocenters. The van der Waals surface area contributed by atoms with E-state index >= 15 is 0 Å². The lowest BCUT2D eigenvalue weighted by atomic mass is 9.85. The smallest absolute Gasteiger partial charge is 0.103 e. The Hall–Kier alpha value is -0.860. The molecule has 1 aromatic carbocycles. The van der Waals surface area contributed by atoms with Crippen molar-refractivity contribution in [3.8, 4) is 0 Å². The van der Waals surface area contributed by atoms with Crippen molar-refractivity contribution in [2.24, 2.45) is 0 Å². The minimum absolute atomic E-state index is 0.172. The third-order valence-corrected chi connectivity index (χ3v) is 3.52. The van der Waals surface area contributed by atoms with Crippen LogP contribution in [0, 0.1) is 0 Å². The number of hydrogen-bond donors (Lipinski definition) is 1. The quantitative estimate of drug-likeness (QED) is 0.805. The summed E-state index contributed by atoms with van der Waals surface area (Å²) in [6, 6.07) is 8.85. The molecule has 0 saturated carbocycles. The van der Waals surface area contributed by atoms with Gasteiger partial charge in [0.15, 0.2) is 0 Å². The molecular formula is C15H23NO. The van der Waals surface area contributed by atoms with Gasteiger partial charge in [0.2, 0.25) is 0 Å². The van der Waals surface area contributed by atoms with E-state index in [1.165, 1.54) is 11.1 Å². The van der Waals surface area contributed by atoms with Crippen LogP contribution in [0.2, 0.25) is 0 Å². The number of ether oxygens (including phenoxy) is 1. The maximum Gasteiger partial charge on any atom is 0.103 e. The van der Waals surface area contributed by atoms with Gasteiger partial charge in [0.05, 0.1) is 6.61 Å². The van der Waals surface area contributed by atoms with Gasteiger partial charge in [-0.1, -0.05) is 45.0 Å². The van der Waals surface area contributed by atoms with E-state index in [4.69, 9.17) is 4.74 Å². The second kappa shape index (κ2) is 4.43. The van der Waals surface area contributed by atoms with E-state index in [2.05, 4.69) is 57.3 Å². The lowest BCUT2D eigenvalue weighted by molar-refractivity contribution is -0.0572. The zero-order valence-corrected chi connectivity index (χ0v) is 11.3. The van der Waals surface area contributed by atoms with E-state index in [0.29, 0.717) is 0 Å². The summed E-state index contributed by atoms with van der Waals surface area (Å²) in [5.41, 5.74) is 2.67. The standard InChI is InChI=1S/C15H23NO/c1-14(2,3)12-5-7-13(8-6-12)15(4)11-16-9-10-17-15/h5-8,16H,9-11H2,1-4H3. The van der Waals surface area contributed by atoms with Crippen LogP contribution in [-0.2, 0) is 15.8 Å². The summed E-state index contributed by atoms with van der Waals surface area (Å²) in [6.45, 7) is 11.5. The zero-order chi connectivity index (χ0) is 12.5. The molecule has 0 amide bonds. The number of morpholine rings is 1. The first-order chi connectivity index (χ1) is 7.92. The molecule has 1 aliphatic heterocycles. The Morgan fingerprint density at radius 3 is 2.29 bits per heavy atom. The van der Waals surface area contributed by atoms with Crippen LogP contribution >= 0.6 is 0 Å². The van der Waals surface area contributed by atoms with Gasteiger partial charge in [0.1, 0.15) is 5.60 Å². The molecule has 0 radical (unpaired) electrons. The predicted octanol–water partition coefficient (Wildman–Crippen LogP) is 2.82. The Morgan fingerprint density at radius 1 is 1.18 bits per heavy atom. The monoisotopic (exact) mass is 233 g/mol. The van der Waals surface area contributed by atoms with E-state index in [1.54, 1.807) is 0 Å². The van der Waals surface area contributed by atoms with Crippen LogP contribution in [0.25, 0.3) is 0 Å². The van der Waals surface area contributed by atoms with Gasteiger partial charge < -0.3 is 10.1 Å². The molecule has 0 aliphatic carbocycles. The lowest BCUT2D eigenvalue weighted by Crippen LogP contribution is -2.45. The fraction of sp³-hybridized carbons (Fsp3) is 0.600. The molecule has 1 fully saturated rings. The summed E-state index contributed by atoms with van der Waals surface area (Å²) in [4.78, 5) is 0. The molecule has 17 heavy (non-hydrogen) atoms. The lowest BCUT2D eigenvalue weighted by Gasteiger charge is -2.35. The van der Waals surface area contributed by atoms with E-state index in [9.17, 15) is 0 Å². The molecule has 1 aromatic rings. The highest BCUT2D eigenvalue weighted by Crippen LogP contribution is 2.29. The summed E-state index contributed by atoms with van der Waals surface area (Å²) in [7, 11) is 0. The van der Waals surface area contributed by atoms with E-state index in [-0.39, 0.29) is 11.0 Å². The summed E-state index contributed by atoms with van der Waals surface area (Å²) in [5, 5.41) is 3.39. The van der Waals surface area contributed by atoms with Crippen molar-refractivity contribution in [1.82, 2.24) is 5.32 Å². The molecule has 0 aromatic heterocycles. The highest BCUT2D eigenvalue weighted by Gasteiger charge is 2.29. The Labute approximate surface area is 104 Å². The fourth-order valence-electron chi connectivity index (χ4n) is 2.23. The highest BCUT2D eigenvalue weighted by molar-refractivity contribution is 5.31. The van der Waals surface area contributed by atoms with Crippen LogP contribution in [0.15, 0.2) is 24.3 Å². The molecule has 1 saturated heterocycles. The van der Waals surface area contributed by atoms with Gasteiger partial charge in [-0.15, -0.1) is 0 Å². The molecule has 1 N–H and O–H groups in total. The summed E-state index contributed by atoms with van der Waals surface area (Å²) in [5.74, 6) is 0. The molecule has 1 atom stereocenters. The average Bonchev–Trinajstić information content (AvgIpc) is 2.29. The molecule has 1 heterocycles. The molecular weight excluding hydrogens is 210 g/mol. The summed E-state index contributed by atoms with van der Waals surface area (Å²) < 4.78 is 5.91. The maximum absolute atomic E-state index is 5.91. The number of hydrogen-bond acceptors (Lipinski definition) is 2. The largest absolute Gasteiger partial charge is 0.368 e. The Kier molecular flexibility index (Phi) is 3.28. The van der Waals surface area contributed by atoms with Crippen molar-refractivity contribution >= 4 is 0 Å². The minimum atomic E-state index is -0.172. The van der Waals surface area contributed by atoms with Crippen molar-refractivity contribution in [3.63, 3.8) is 0 Å². The van der Waals surface area contributed by atoms with Crippen LogP contribution < -0.4 is 5.32 Å². The molecule has 0 spiro atoms. The molecule has 2 nitrogen and oxygen atoms in total. The minimum Gasteiger partial charge on any atom is -0.368 e. The van der Waals surface area contributed by atoms with Crippen LogP contribution in [-0.4, -0.2) is 19.7 Å². The highest BCUT2D eigenvalue weighted by atomic mass is 16.5. The number of rotatable bonds is 1. The SMILES string of the molecule is CC(C)(C)c1ccc(C2(C)CNCCO2)cc1. The Bertz CT molecular complexity index is 369. The molecule has 94 valence electrons. The second-order valence-electron chi connectivity index (χ2n) is 6.08. The number of benzene rings is 1. The number of nitrogens with one attached hydrogen (secondary N) is 1. The zero-order valence-electron chi connectivity index (χ0n) is 11.3.